The molecule has 0 aliphatic carbocycles. The molecule has 3 heteroatoms. The van der Waals surface area contributed by atoms with Crippen LogP contribution in [0.5, 0.6) is 5.88 Å². The van der Waals surface area contributed by atoms with Crippen LogP contribution in [-0.4, -0.2) is 16.2 Å². The van der Waals surface area contributed by atoms with Crippen LogP contribution in [0.1, 0.15) is 26.3 Å². The predicted molar refractivity (Wildman–Crippen MR) is 72.6 cm³/mol. The van der Waals surface area contributed by atoms with E-state index in [1.165, 1.54) is 0 Å². The number of hydrogen-bond acceptors (Lipinski definition) is 3. The number of aromatic nitrogens is 1. The van der Waals surface area contributed by atoms with Gasteiger partial charge in [-0.3, -0.25) is 0 Å². The summed E-state index contributed by atoms with van der Waals surface area (Å²) >= 11 is 0. The maximum atomic E-state index is 9.32. The molecule has 0 fully saturated rings. The molecule has 0 saturated carbocycles. The zero-order valence-electron chi connectivity index (χ0n) is 11.1. The first-order valence-electron chi connectivity index (χ1n) is 6.27. The minimum Gasteiger partial charge on any atom is -0.474 e. The van der Waals surface area contributed by atoms with Crippen LogP contribution in [0.25, 0.3) is 10.8 Å². The molecule has 96 valence electrons. The van der Waals surface area contributed by atoms with Crippen molar-refractivity contribution in [2.75, 3.05) is 0 Å². The predicted octanol–water partition coefficient (Wildman–Crippen LogP) is 3.15. The molecular weight excluding hydrogens is 226 g/mol. The molecule has 0 saturated heterocycles. The zero-order chi connectivity index (χ0) is 13.1. The largest absolute Gasteiger partial charge is 0.474 e. The summed E-state index contributed by atoms with van der Waals surface area (Å²) in [5.41, 5.74) is 0.829. The highest BCUT2D eigenvalue weighted by Gasteiger charge is 2.13. The Hall–Kier alpha value is -1.61. The normalized spacial score (nSPS) is 12.9. The highest BCUT2D eigenvalue weighted by molar-refractivity contribution is 5.89. The van der Waals surface area contributed by atoms with E-state index in [0.29, 0.717) is 11.8 Å². The summed E-state index contributed by atoms with van der Waals surface area (Å²) in [4.78, 5) is 4.32. The first-order valence-corrected chi connectivity index (χ1v) is 6.27. The SMILES string of the molecule is CC(C)C(C)Oc1ncc(CO)c2ccccc12. The van der Waals surface area contributed by atoms with Crippen molar-refractivity contribution in [2.24, 2.45) is 5.92 Å². The van der Waals surface area contributed by atoms with Crippen LogP contribution < -0.4 is 4.74 Å². The summed E-state index contributed by atoms with van der Waals surface area (Å²) in [6, 6.07) is 7.87. The van der Waals surface area contributed by atoms with Gasteiger partial charge in [-0.15, -0.1) is 0 Å². The van der Waals surface area contributed by atoms with E-state index in [0.717, 1.165) is 16.3 Å². The van der Waals surface area contributed by atoms with Gasteiger partial charge >= 0.3 is 0 Å². The fraction of sp³-hybridized carbons (Fsp3) is 0.400. The molecule has 18 heavy (non-hydrogen) atoms. The van der Waals surface area contributed by atoms with Crippen LogP contribution >= 0.6 is 0 Å². The van der Waals surface area contributed by atoms with Gasteiger partial charge < -0.3 is 9.84 Å². The Morgan fingerprint density at radius 2 is 1.83 bits per heavy atom. The fourth-order valence-electron chi connectivity index (χ4n) is 1.76. The van der Waals surface area contributed by atoms with Crippen molar-refractivity contribution in [1.82, 2.24) is 4.98 Å². The number of rotatable bonds is 4. The quantitative estimate of drug-likeness (QED) is 0.899. The second kappa shape index (κ2) is 5.36. The lowest BCUT2D eigenvalue weighted by Crippen LogP contribution is -2.19. The van der Waals surface area contributed by atoms with E-state index >= 15 is 0 Å². The molecule has 0 bridgehead atoms. The van der Waals surface area contributed by atoms with Gasteiger partial charge in [0, 0.05) is 17.1 Å². The number of ether oxygens (including phenoxy) is 1. The van der Waals surface area contributed by atoms with E-state index in [1.54, 1.807) is 6.20 Å². The van der Waals surface area contributed by atoms with Crippen molar-refractivity contribution in [2.45, 2.75) is 33.5 Å². The molecule has 1 N–H and O–H groups in total. The summed E-state index contributed by atoms with van der Waals surface area (Å²) in [7, 11) is 0. The van der Waals surface area contributed by atoms with Crippen LogP contribution in [-0.2, 0) is 6.61 Å². The third-order valence-corrected chi connectivity index (χ3v) is 3.25. The molecule has 1 aromatic heterocycles. The molecule has 2 aromatic rings. The van der Waals surface area contributed by atoms with Crippen LogP contribution in [0.4, 0.5) is 0 Å². The van der Waals surface area contributed by atoms with E-state index in [-0.39, 0.29) is 12.7 Å². The Bertz CT molecular complexity index is 537. The number of fused-ring (bicyclic) bond motifs is 1. The van der Waals surface area contributed by atoms with E-state index in [9.17, 15) is 5.11 Å². The van der Waals surface area contributed by atoms with Crippen LogP contribution in [0.3, 0.4) is 0 Å². The number of aliphatic hydroxyl groups excluding tert-OH is 1. The Kier molecular flexibility index (Phi) is 3.82. The molecule has 0 aliphatic rings. The average Bonchev–Trinajstić information content (AvgIpc) is 2.39. The van der Waals surface area contributed by atoms with Gasteiger partial charge in [0.1, 0.15) is 0 Å². The van der Waals surface area contributed by atoms with Crippen LogP contribution in [0, 0.1) is 5.92 Å². The molecule has 0 amide bonds. The summed E-state index contributed by atoms with van der Waals surface area (Å²) in [5, 5.41) is 11.3. The van der Waals surface area contributed by atoms with Crippen LogP contribution in [0.2, 0.25) is 0 Å². The second-order valence-electron chi connectivity index (χ2n) is 4.86. The van der Waals surface area contributed by atoms with E-state index in [4.69, 9.17) is 4.74 Å². The van der Waals surface area contributed by atoms with Crippen molar-refractivity contribution >= 4 is 10.8 Å². The third-order valence-electron chi connectivity index (χ3n) is 3.25. The molecule has 0 aliphatic heterocycles. The average molecular weight is 245 g/mol. The zero-order valence-corrected chi connectivity index (χ0v) is 11.1. The number of benzene rings is 1. The topological polar surface area (TPSA) is 42.4 Å². The number of aliphatic hydroxyl groups is 1. The summed E-state index contributed by atoms with van der Waals surface area (Å²) in [5.74, 6) is 1.08. The van der Waals surface area contributed by atoms with E-state index in [2.05, 4.69) is 18.8 Å². The Morgan fingerprint density at radius 1 is 1.17 bits per heavy atom. The minimum atomic E-state index is -0.00642. The van der Waals surface area contributed by atoms with Gasteiger partial charge in [-0.2, -0.15) is 0 Å². The lowest BCUT2D eigenvalue weighted by Gasteiger charge is -2.18. The molecular formula is C15H19NO2. The lowest BCUT2D eigenvalue weighted by molar-refractivity contribution is 0.166. The van der Waals surface area contributed by atoms with Gasteiger partial charge in [0.05, 0.1) is 12.7 Å². The molecule has 0 radical (unpaired) electrons. The fourth-order valence-corrected chi connectivity index (χ4v) is 1.76. The second-order valence-corrected chi connectivity index (χ2v) is 4.86. The van der Waals surface area contributed by atoms with Gasteiger partial charge in [-0.25, -0.2) is 4.98 Å². The van der Waals surface area contributed by atoms with Crippen molar-refractivity contribution in [1.29, 1.82) is 0 Å². The molecule has 1 unspecified atom stereocenters. The van der Waals surface area contributed by atoms with Crippen molar-refractivity contribution in [3.8, 4) is 5.88 Å². The maximum Gasteiger partial charge on any atom is 0.221 e. The van der Waals surface area contributed by atoms with Gasteiger partial charge in [0.2, 0.25) is 5.88 Å². The van der Waals surface area contributed by atoms with Gasteiger partial charge in [-0.05, 0) is 24.3 Å². The Balaban J connectivity index is 2.46. The first kappa shape index (κ1) is 12.8. The first-order chi connectivity index (χ1) is 8.63. The third kappa shape index (κ3) is 2.46. The Labute approximate surface area is 107 Å². The van der Waals surface area contributed by atoms with E-state index < -0.39 is 0 Å². The van der Waals surface area contributed by atoms with Gasteiger partial charge in [0.25, 0.3) is 0 Å². The highest BCUT2D eigenvalue weighted by Crippen LogP contribution is 2.27. The van der Waals surface area contributed by atoms with Crippen LogP contribution in [0.15, 0.2) is 30.5 Å². The summed E-state index contributed by atoms with van der Waals surface area (Å²) in [6.07, 6.45) is 1.80. The number of hydrogen-bond donors (Lipinski definition) is 1. The lowest BCUT2D eigenvalue weighted by atomic mass is 10.1. The molecule has 1 atom stereocenters. The highest BCUT2D eigenvalue weighted by atomic mass is 16.5. The Morgan fingerprint density at radius 3 is 2.44 bits per heavy atom. The molecule has 3 nitrogen and oxygen atoms in total. The smallest absolute Gasteiger partial charge is 0.221 e. The molecule has 2 rings (SSSR count). The standard InChI is InChI=1S/C15H19NO2/c1-10(2)11(3)18-15-14-7-5-4-6-13(14)12(9-17)8-16-15/h4-8,10-11,17H,9H2,1-3H3. The summed E-state index contributed by atoms with van der Waals surface area (Å²) in [6.45, 7) is 6.28. The van der Waals surface area contributed by atoms with E-state index in [1.807, 2.05) is 31.2 Å². The number of pyridine rings is 1. The number of nitrogens with zero attached hydrogens (tertiary/aromatic N) is 1. The van der Waals surface area contributed by atoms with Gasteiger partial charge in [-0.1, -0.05) is 32.0 Å². The molecule has 1 heterocycles. The van der Waals surface area contributed by atoms with Crippen molar-refractivity contribution in [3.05, 3.63) is 36.0 Å². The molecule has 1 aromatic carbocycles. The minimum absolute atomic E-state index is 0.00642. The van der Waals surface area contributed by atoms with Crippen molar-refractivity contribution in [3.63, 3.8) is 0 Å². The monoisotopic (exact) mass is 245 g/mol. The molecule has 0 spiro atoms. The summed E-state index contributed by atoms with van der Waals surface area (Å²) < 4.78 is 5.90. The van der Waals surface area contributed by atoms with Crippen molar-refractivity contribution < 1.29 is 9.84 Å². The van der Waals surface area contributed by atoms with Gasteiger partial charge in [0.15, 0.2) is 0 Å². The maximum absolute atomic E-state index is 9.32.